The van der Waals surface area contributed by atoms with Crippen LogP contribution in [0.4, 0.5) is 4.39 Å². The molecule has 0 aliphatic rings. The average molecular weight is 301 g/mol. The summed E-state index contributed by atoms with van der Waals surface area (Å²) in [6, 6.07) is 9.67. The Kier molecular flexibility index (Phi) is 3.71. The molecule has 1 aromatic carbocycles. The van der Waals surface area contributed by atoms with Crippen LogP contribution in [0, 0.1) is 17.1 Å². The lowest BCUT2D eigenvalue weighted by atomic mass is 10.1. The van der Waals surface area contributed by atoms with Crippen LogP contribution >= 0.6 is 11.8 Å². The van der Waals surface area contributed by atoms with Crippen LogP contribution in [0.5, 0.6) is 0 Å². The molecule has 5 nitrogen and oxygen atoms in total. The van der Waals surface area contributed by atoms with Crippen molar-refractivity contribution in [2.24, 2.45) is 0 Å². The van der Waals surface area contributed by atoms with Crippen LogP contribution in [0.15, 0.2) is 50.7 Å². The lowest BCUT2D eigenvalue weighted by Crippen LogP contribution is -1.89. The van der Waals surface area contributed by atoms with Gasteiger partial charge in [0.05, 0.1) is 17.9 Å². The second-order valence-corrected chi connectivity index (χ2v) is 4.98. The second-order valence-electron chi connectivity index (χ2n) is 4.06. The molecule has 0 fully saturated rings. The Morgan fingerprint density at radius 2 is 2.19 bits per heavy atom. The van der Waals surface area contributed by atoms with E-state index in [1.165, 1.54) is 24.1 Å². The molecule has 0 aliphatic carbocycles. The van der Waals surface area contributed by atoms with Crippen LogP contribution in [0.25, 0.3) is 11.7 Å². The van der Waals surface area contributed by atoms with Gasteiger partial charge in [-0.2, -0.15) is 5.26 Å². The third kappa shape index (κ3) is 2.95. The molecule has 21 heavy (non-hydrogen) atoms. The lowest BCUT2D eigenvalue weighted by Gasteiger charge is -2.00. The molecular formula is C14H8FN3O2S. The smallest absolute Gasteiger partial charge is 0.284 e. The number of furan rings is 1. The monoisotopic (exact) mass is 301 g/mol. The third-order valence-electron chi connectivity index (χ3n) is 2.67. The fraction of sp³-hybridized carbons (Fsp3) is 0.0714. The molecule has 0 atom stereocenters. The van der Waals surface area contributed by atoms with Crippen molar-refractivity contribution in [1.29, 1.82) is 5.26 Å². The first-order valence-corrected chi connectivity index (χ1v) is 6.93. The summed E-state index contributed by atoms with van der Waals surface area (Å²) in [6.07, 6.45) is 1.51. The van der Waals surface area contributed by atoms with Crippen LogP contribution in [-0.4, -0.2) is 10.2 Å². The molecule has 0 bridgehead atoms. The van der Waals surface area contributed by atoms with E-state index in [0.29, 0.717) is 27.9 Å². The number of hydrogen-bond donors (Lipinski definition) is 0. The molecule has 0 N–H and O–H groups in total. The summed E-state index contributed by atoms with van der Waals surface area (Å²) < 4.78 is 24.3. The summed E-state index contributed by atoms with van der Waals surface area (Å²) in [5.41, 5.74) is 0.760. The van der Waals surface area contributed by atoms with Crippen molar-refractivity contribution in [2.45, 2.75) is 11.0 Å². The van der Waals surface area contributed by atoms with Gasteiger partial charge in [0.1, 0.15) is 5.82 Å². The van der Waals surface area contributed by atoms with E-state index >= 15 is 0 Å². The quantitative estimate of drug-likeness (QED) is 0.685. The number of nitriles is 1. The minimum Gasteiger partial charge on any atom is -0.459 e. The lowest BCUT2D eigenvalue weighted by molar-refractivity contribution is 0.447. The van der Waals surface area contributed by atoms with Gasteiger partial charge >= 0.3 is 0 Å². The van der Waals surface area contributed by atoms with E-state index in [9.17, 15) is 4.39 Å². The number of aromatic nitrogens is 2. The first-order chi connectivity index (χ1) is 10.3. The maximum absolute atomic E-state index is 13.7. The van der Waals surface area contributed by atoms with Gasteiger partial charge in [0, 0.05) is 5.75 Å². The number of benzene rings is 1. The van der Waals surface area contributed by atoms with Crippen molar-refractivity contribution < 1.29 is 13.2 Å². The summed E-state index contributed by atoms with van der Waals surface area (Å²) in [5, 5.41) is 16.7. The number of nitrogens with zero attached hydrogens (tertiary/aromatic N) is 3. The average Bonchev–Trinajstić information content (AvgIpc) is 3.16. The zero-order chi connectivity index (χ0) is 14.7. The second kappa shape index (κ2) is 5.81. The Hall–Kier alpha value is -2.59. The highest BCUT2D eigenvalue weighted by Crippen LogP contribution is 2.26. The molecule has 0 unspecified atom stereocenters. The van der Waals surface area contributed by atoms with Gasteiger partial charge in [-0.1, -0.05) is 17.8 Å². The van der Waals surface area contributed by atoms with E-state index in [2.05, 4.69) is 10.2 Å². The molecule has 0 saturated carbocycles. The molecule has 0 aliphatic heterocycles. The van der Waals surface area contributed by atoms with Gasteiger partial charge in [-0.25, -0.2) is 4.39 Å². The first kappa shape index (κ1) is 13.4. The molecule has 7 heteroatoms. The van der Waals surface area contributed by atoms with Crippen molar-refractivity contribution >= 4 is 11.8 Å². The molecule has 104 valence electrons. The molecular weight excluding hydrogens is 293 g/mol. The zero-order valence-electron chi connectivity index (χ0n) is 10.6. The van der Waals surface area contributed by atoms with Crippen LogP contribution in [-0.2, 0) is 5.75 Å². The maximum atomic E-state index is 13.7. The van der Waals surface area contributed by atoms with Gasteiger partial charge in [0.2, 0.25) is 0 Å². The molecule has 0 saturated heterocycles. The summed E-state index contributed by atoms with van der Waals surface area (Å²) in [5.74, 6) is 0.672. The molecule has 2 aromatic heterocycles. The van der Waals surface area contributed by atoms with Gasteiger partial charge in [0.15, 0.2) is 5.76 Å². The minimum absolute atomic E-state index is 0.280. The normalized spacial score (nSPS) is 10.5. The summed E-state index contributed by atoms with van der Waals surface area (Å²) in [6.45, 7) is 0. The Morgan fingerprint density at radius 1 is 1.29 bits per heavy atom. The summed E-state index contributed by atoms with van der Waals surface area (Å²) in [4.78, 5) is 0. The van der Waals surface area contributed by atoms with E-state index in [1.54, 1.807) is 24.3 Å². The molecule has 0 amide bonds. The van der Waals surface area contributed by atoms with E-state index in [0.717, 1.165) is 0 Å². The van der Waals surface area contributed by atoms with E-state index in [1.807, 2.05) is 6.07 Å². The van der Waals surface area contributed by atoms with Gasteiger partial charge in [-0.05, 0) is 29.8 Å². The van der Waals surface area contributed by atoms with Gasteiger partial charge in [0.25, 0.3) is 11.1 Å². The highest BCUT2D eigenvalue weighted by molar-refractivity contribution is 7.98. The Bertz CT molecular complexity index is 793. The van der Waals surface area contributed by atoms with Gasteiger partial charge in [-0.15, -0.1) is 10.2 Å². The third-order valence-corrected chi connectivity index (χ3v) is 3.54. The summed E-state index contributed by atoms with van der Waals surface area (Å²) >= 11 is 1.21. The molecule has 0 spiro atoms. The minimum atomic E-state index is -0.424. The van der Waals surface area contributed by atoms with Crippen molar-refractivity contribution in [2.75, 3.05) is 0 Å². The Morgan fingerprint density at radius 3 is 2.90 bits per heavy atom. The molecule has 2 heterocycles. The fourth-order valence-electron chi connectivity index (χ4n) is 1.64. The zero-order valence-corrected chi connectivity index (χ0v) is 11.4. The van der Waals surface area contributed by atoms with Crippen molar-refractivity contribution in [3.8, 4) is 17.7 Å². The van der Waals surface area contributed by atoms with Crippen LogP contribution in [0.3, 0.4) is 0 Å². The van der Waals surface area contributed by atoms with Gasteiger partial charge < -0.3 is 8.83 Å². The molecule has 0 radical (unpaired) electrons. The topological polar surface area (TPSA) is 75.8 Å². The maximum Gasteiger partial charge on any atom is 0.284 e. The SMILES string of the molecule is N#Cc1ccc(CSc2nnc(-c3ccco3)o2)c(F)c1. The number of rotatable bonds is 4. The van der Waals surface area contributed by atoms with E-state index in [-0.39, 0.29) is 5.89 Å². The van der Waals surface area contributed by atoms with Crippen molar-refractivity contribution in [3.63, 3.8) is 0 Å². The van der Waals surface area contributed by atoms with Crippen molar-refractivity contribution in [3.05, 3.63) is 53.5 Å². The molecule has 3 aromatic rings. The van der Waals surface area contributed by atoms with Crippen LogP contribution in [0.2, 0.25) is 0 Å². The molecule has 3 rings (SSSR count). The number of halogens is 1. The standard InChI is InChI=1S/C14H8FN3O2S/c15-11-6-9(7-16)3-4-10(11)8-21-14-18-17-13(20-14)12-2-1-5-19-12/h1-6H,8H2. The van der Waals surface area contributed by atoms with Crippen LogP contribution in [0.1, 0.15) is 11.1 Å². The summed E-state index contributed by atoms with van der Waals surface area (Å²) in [7, 11) is 0. The van der Waals surface area contributed by atoms with E-state index < -0.39 is 5.82 Å². The first-order valence-electron chi connectivity index (χ1n) is 5.95. The highest BCUT2D eigenvalue weighted by Gasteiger charge is 2.12. The highest BCUT2D eigenvalue weighted by atomic mass is 32.2. The number of hydrogen-bond acceptors (Lipinski definition) is 6. The van der Waals surface area contributed by atoms with Crippen molar-refractivity contribution in [1.82, 2.24) is 10.2 Å². The predicted octanol–water partition coefficient (Wildman–Crippen LogP) is 3.63. The fourth-order valence-corrected chi connectivity index (χ4v) is 2.39. The van der Waals surface area contributed by atoms with E-state index in [4.69, 9.17) is 14.1 Å². The van der Waals surface area contributed by atoms with Crippen LogP contribution < -0.4 is 0 Å². The predicted molar refractivity (Wildman–Crippen MR) is 72.7 cm³/mol. The Balaban J connectivity index is 1.70. The Labute approximate surface area is 123 Å². The number of thioether (sulfide) groups is 1. The van der Waals surface area contributed by atoms with Gasteiger partial charge in [-0.3, -0.25) is 0 Å². The largest absolute Gasteiger partial charge is 0.459 e.